The highest BCUT2D eigenvalue weighted by Crippen LogP contribution is 2.14. The molecule has 0 amide bonds. The van der Waals surface area contributed by atoms with Crippen LogP contribution in [0.15, 0.2) is 0 Å². The first-order valence-electron chi connectivity index (χ1n) is 7.46. The molecule has 1 aliphatic rings. The zero-order chi connectivity index (χ0) is 15.0. The average molecular weight is 307 g/mol. The number of methoxy groups -OCH3 is 1. The molecule has 1 unspecified atom stereocenters. The minimum absolute atomic E-state index is 0.0729. The van der Waals surface area contributed by atoms with Gasteiger partial charge in [0, 0.05) is 32.8 Å². The maximum Gasteiger partial charge on any atom is 0.216 e. The second-order valence-corrected chi connectivity index (χ2v) is 7.33. The Morgan fingerprint density at radius 1 is 1.25 bits per heavy atom. The molecule has 1 aliphatic heterocycles. The molecule has 0 radical (unpaired) electrons. The molecule has 1 rings (SSSR count). The van der Waals surface area contributed by atoms with Crippen LogP contribution in [0.25, 0.3) is 0 Å². The van der Waals surface area contributed by atoms with Gasteiger partial charge in [-0.15, -0.1) is 0 Å². The predicted octanol–water partition coefficient (Wildman–Crippen LogP) is 0.0977. The molecular weight excluding hydrogens is 278 g/mol. The first kappa shape index (κ1) is 17.8. The predicted molar refractivity (Wildman–Crippen MR) is 81.2 cm³/mol. The average Bonchev–Trinajstić information content (AvgIpc) is 2.69. The molecule has 20 heavy (non-hydrogen) atoms. The van der Waals surface area contributed by atoms with Crippen molar-refractivity contribution in [1.82, 2.24) is 9.21 Å². The Bertz CT molecular complexity index is 362. The van der Waals surface area contributed by atoms with Crippen LogP contribution >= 0.6 is 0 Å². The van der Waals surface area contributed by atoms with Gasteiger partial charge >= 0.3 is 0 Å². The molecule has 120 valence electrons. The van der Waals surface area contributed by atoms with Crippen molar-refractivity contribution in [3.8, 4) is 0 Å². The SMILES string of the molecule is CCC(CCN)N1CCCN(S(=O)(=O)CCOC)CC1. The summed E-state index contributed by atoms with van der Waals surface area (Å²) < 4.78 is 30.8. The Hall–Kier alpha value is -0.210. The molecule has 0 aliphatic carbocycles. The minimum atomic E-state index is -3.18. The molecule has 2 N–H and O–H groups in total. The highest BCUT2D eigenvalue weighted by molar-refractivity contribution is 7.89. The van der Waals surface area contributed by atoms with E-state index in [0.717, 1.165) is 32.4 Å². The zero-order valence-electron chi connectivity index (χ0n) is 12.8. The van der Waals surface area contributed by atoms with E-state index in [4.69, 9.17) is 10.5 Å². The molecule has 0 spiro atoms. The summed E-state index contributed by atoms with van der Waals surface area (Å²) in [6.45, 7) is 6.05. The summed E-state index contributed by atoms with van der Waals surface area (Å²) in [6.07, 6.45) is 2.92. The van der Waals surface area contributed by atoms with Crippen LogP contribution in [0.2, 0.25) is 0 Å². The van der Waals surface area contributed by atoms with Gasteiger partial charge in [-0.1, -0.05) is 6.92 Å². The van der Waals surface area contributed by atoms with E-state index in [1.807, 2.05) is 0 Å². The smallest absolute Gasteiger partial charge is 0.216 e. The lowest BCUT2D eigenvalue weighted by Gasteiger charge is -2.29. The molecule has 1 saturated heterocycles. The molecule has 1 heterocycles. The fourth-order valence-electron chi connectivity index (χ4n) is 2.71. The summed E-state index contributed by atoms with van der Waals surface area (Å²) in [4.78, 5) is 2.39. The topological polar surface area (TPSA) is 75.9 Å². The lowest BCUT2D eigenvalue weighted by atomic mass is 10.1. The number of hydrogen-bond donors (Lipinski definition) is 1. The van der Waals surface area contributed by atoms with Crippen LogP contribution < -0.4 is 5.73 Å². The Morgan fingerprint density at radius 2 is 2.00 bits per heavy atom. The summed E-state index contributed by atoms with van der Waals surface area (Å²) >= 11 is 0. The first-order chi connectivity index (χ1) is 9.55. The van der Waals surface area contributed by atoms with E-state index in [0.29, 0.717) is 25.7 Å². The summed E-state index contributed by atoms with van der Waals surface area (Å²) in [5, 5.41) is 0. The molecule has 0 bridgehead atoms. The van der Waals surface area contributed by atoms with E-state index >= 15 is 0 Å². The Kier molecular flexibility index (Phi) is 7.98. The molecule has 0 aromatic heterocycles. The monoisotopic (exact) mass is 307 g/mol. The Balaban J connectivity index is 2.58. The Labute approximate surface area is 123 Å². The van der Waals surface area contributed by atoms with Crippen LogP contribution in [0.1, 0.15) is 26.2 Å². The van der Waals surface area contributed by atoms with E-state index in [9.17, 15) is 8.42 Å². The summed E-state index contributed by atoms with van der Waals surface area (Å²) in [6, 6.07) is 0.474. The van der Waals surface area contributed by atoms with Crippen LogP contribution in [0.4, 0.5) is 0 Å². The third-order valence-electron chi connectivity index (χ3n) is 3.92. The van der Waals surface area contributed by atoms with Crippen LogP contribution in [0, 0.1) is 0 Å². The highest BCUT2D eigenvalue weighted by atomic mass is 32.2. The summed E-state index contributed by atoms with van der Waals surface area (Å²) in [5.41, 5.74) is 5.66. The van der Waals surface area contributed by atoms with Gasteiger partial charge in [-0.05, 0) is 32.4 Å². The largest absolute Gasteiger partial charge is 0.384 e. The van der Waals surface area contributed by atoms with Gasteiger partial charge in [-0.3, -0.25) is 4.90 Å². The number of rotatable bonds is 8. The standard InChI is InChI=1S/C13H29N3O3S/c1-3-13(5-6-14)15-7-4-8-16(10-9-15)20(17,18)12-11-19-2/h13H,3-12,14H2,1-2H3. The third-order valence-corrected chi connectivity index (χ3v) is 5.75. The fourth-order valence-corrected chi connectivity index (χ4v) is 4.11. The van der Waals surface area contributed by atoms with Crippen molar-refractivity contribution < 1.29 is 13.2 Å². The van der Waals surface area contributed by atoms with Crippen LogP contribution in [0.5, 0.6) is 0 Å². The van der Waals surface area contributed by atoms with Crippen molar-refractivity contribution in [2.24, 2.45) is 5.73 Å². The van der Waals surface area contributed by atoms with Gasteiger partial charge in [0.05, 0.1) is 12.4 Å². The number of hydrogen-bond acceptors (Lipinski definition) is 5. The fraction of sp³-hybridized carbons (Fsp3) is 1.00. The first-order valence-corrected chi connectivity index (χ1v) is 9.07. The van der Waals surface area contributed by atoms with E-state index in [2.05, 4.69) is 11.8 Å². The van der Waals surface area contributed by atoms with Gasteiger partial charge in [0.2, 0.25) is 10.0 Å². The normalized spacial score (nSPS) is 20.8. The van der Waals surface area contributed by atoms with Crippen molar-refractivity contribution in [3.05, 3.63) is 0 Å². The zero-order valence-corrected chi connectivity index (χ0v) is 13.6. The quantitative estimate of drug-likeness (QED) is 0.688. The van der Waals surface area contributed by atoms with E-state index in [-0.39, 0.29) is 12.4 Å². The number of nitrogens with zero attached hydrogens (tertiary/aromatic N) is 2. The third kappa shape index (κ3) is 5.29. The molecule has 1 fully saturated rings. The van der Waals surface area contributed by atoms with Gasteiger partial charge < -0.3 is 10.5 Å². The lowest BCUT2D eigenvalue weighted by molar-refractivity contribution is 0.192. The van der Waals surface area contributed by atoms with E-state index < -0.39 is 10.0 Å². The van der Waals surface area contributed by atoms with Crippen LogP contribution in [-0.4, -0.2) is 75.9 Å². The molecule has 6 nitrogen and oxygen atoms in total. The van der Waals surface area contributed by atoms with Gasteiger partial charge in [-0.2, -0.15) is 0 Å². The molecule has 0 aromatic carbocycles. The number of ether oxygens (including phenoxy) is 1. The maximum absolute atomic E-state index is 12.2. The van der Waals surface area contributed by atoms with Gasteiger partial charge in [0.15, 0.2) is 0 Å². The molecular formula is C13H29N3O3S. The number of sulfonamides is 1. The van der Waals surface area contributed by atoms with Crippen LogP contribution in [0.3, 0.4) is 0 Å². The highest BCUT2D eigenvalue weighted by Gasteiger charge is 2.26. The van der Waals surface area contributed by atoms with E-state index in [1.165, 1.54) is 7.11 Å². The molecule has 0 aromatic rings. The molecule has 1 atom stereocenters. The second-order valence-electron chi connectivity index (χ2n) is 5.24. The van der Waals surface area contributed by atoms with Crippen LogP contribution in [-0.2, 0) is 14.8 Å². The van der Waals surface area contributed by atoms with Crippen molar-refractivity contribution in [2.75, 3.05) is 52.2 Å². The van der Waals surface area contributed by atoms with Crippen molar-refractivity contribution >= 4 is 10.0 Å². The summed E-state index contributed by atoms with van der Waals surface area (Å²) in [7, 11) is -1.65. The molecule has 0 saturated carbocycles. The van der Waals surface area contributed by atoms with Crippen molar-refractivity contribution in [2.45, 2.75) is 32.2 Å². The summed E-state index contributed by atoms with van der Waals surface area (Å²) in [5.74, 6) is 0.0729. The maximum atomic E-state index is 12.2. The van der Waals surface area contributed by atoms with Crippen molar-refractivity contribution in [1.29, 1.82) is 0 Å². The van der Waals surface area contributed by atoms with Gasteiger partial charge in [-0.25, -0.2) is 12.7 Å². The van der Waals surface area contributed by atoms with E-state index in [1.54, 1.807) is 4.31 Å². The van der Waals surface area contributed by atoms with Gasteiger partial charge in [0.25, 0.3) is 0 Å². The van der Waals surface area contributed by atoms with Gasteiger partial charge in [0.1, 0.15) is 0 Å². The van der Waals surface area contributed by atoms with Crippen molar-refractivity contribution in [3.63, 3.8) is 0 Å². The minimum Gasteiger partial charge on any atom is -0.384 e. The second kappa shape index (κ2) is 8.94. The molecule has 7 heteroatoms. The lowest BCUT2D eigenvalue weighted by Crippen LogP contribution is -2.41. The number of nitrogens with two attached hydrogens (primary N) is 1. The Morgan fingerprint density at radius 3 is 2.60 bits per heavy atom.